The Bertz CT molecular complexity index is 1120. The first-order valence-electron chi connectivity index (χ1n) is 10.9. The lowest BCUT2D eigenvalue weighted by molar-refractivity contribution is -0.145. The number of nitrogens with zero attached hydrogens (tertiary/aromatic N) is 3. The van der Waals surface area contributed by atoms with Crippen LogP contribution >= 0.6 is 0 Å². The monoisotopic (exact) mass is 475 g/mol. The number of likely N-dealkylation sites (tertiary alicyclic amines) is 1. The van der Waals surface area contributed by atoms with Gasteiger partial charge in [-0.15, -0.1) is 0 Å². The van der Waals surface area contributed by atoms with E-state index in [4.69, 9.17) is 9.47 Å². The summed E-state index contributed by atoms with van der Waals surface area (Å²) >= 11 is 0. The Balaban J connectivity index is 1.55. The van der Waals surface area contributed by atoms with Gasteiger partial charge in [0.15, 0.2) is 0 Å². The van der Waals surface area contributed by atoms with E-state index in [2.05, 4.69) is 14.9 Å². The van der Waals surface area contributed by atoms with Crippen LogP contribution in [-0.2, 0) is 12.7 Å². The third-order valence-corrected chi connectivity index (χ3v) is 6.00. The van der Waals surface area contributed by atoms with Crippen LogP contribution in [0.3, 0.4) is 0 Å². The van der Waals surface area contributed by atoms with Crippen LogP contribution in [0.15, 0.2) is 48.7 Å². The molecule has 1 saturated heterocycles. The van der Waals surface area contributed by atoms with Gasteiger partial charge in [0.1, 0.15) is 17.3 Å². The zero-order chi connectivity index (χ0) is 24.3. The number of halogens is 4. The van der Waals surface area contributed by atoms with Crippen LogP contribution < -0.4 is 9.47 Å². The van der Waals surface area contributed by atoms with Gasteiger partial charge < -0.3 is 9.47 Å². The zero-order valence-corrected chi connectivity index (χ0v) is 18.9. The molecule has 1 aliphatic rings. The molecule has 180 valence electrons. The quantitative estimate of drug-likeness (QED) is 0.428. The summed E-state index contributed by atoms with van der Waals surface area (Å²) < 4.78 is 64.5. The van der Waals surface area contributed by atoms with Crippen LogP contribution in [-0.4, -0.2) is 42.2 Å². The summed E-state index contributed by atoms with van der Waals surface area (Å²) in [5.74, 6) is -0.437. The molecule has 0 bridgehead atoms. The second-order valence-electron chi connectivity index (χ2n) is 8.27. The molecule has 3 aromatic rings. The van der Waals surface area contributed by atoms with Crippen LogP contribution in [0.5, 0.6) is 11.5 Å². The fraction of sp³-hybridized carbons (Fsp3) is 0.360. The lowest BCUT2D eigenvalue weighted by Crippen LogP contribution is -2.33. The predicted molar refractivity (Wildman–Crippen MR) is 119 cm³/mol. The van der Waals surface area contributed by atoms with Gasteiger partial charge in [-0.2, -0.15) is 13.2 Å². The molecule has 0 amide bonds. The molecule has 0 atom stereocenters. The number of hydrogen-bond donors (Lipinski definition) is 0. The largest absolute Gasteiger partial charge is 0.497 e. The summed E-state index contributed by atoms with van der Waals surface area (Å²) in [6, 6.07) is 11.5. The van der Waals surface area contributed by atoms with Gasteiger partial charge in [0.25, 0.3) is 0 Å². The highest BCUT2D eigenvalue weighted by Gasteiger charge is 2.36. The van der Waals surface area contributed by atoms with Crippen LogP contribution in [0.25, 0.3) is 11.1 Å². The first kappa shape index (κ1) is 23.9. The maximum atomic E-state index is 13.8. The number of benzene rings is 2. The van der Waals surface area contributed by atoms with Gasteiger partial charge in [-0.1, -0.05) is 12.1 Å². The highest BCUT2D eigenvalue weighted by molar-refractivity contribution is 5.65. The van der Waals surface area contributed by atoms with Gasteiger partial charge in [-0.25, -0.2) is 14.4 Å². The van der Waals surface area contributed by atoms with Crippen molar-refractivity contribution in [2.45, 2.75) is 31.5 Å². The SMILES string of the molecule is COc1cc(CN2CCC(c3nc(C(F)(F)F)ncc3-c3cccc(F)c3)CC2)cc(OC)c1. The van der Waals surface area contributed by atoms with Crippen molar-refractivity contribution in [3.63, 3.8) is 0 Å². The standard InChI is InChI=1S/C25H25F4N3O2/c1-33-20-10-16(11-21(13-20)34-2)15-32-8-6-17(7-9-32)23-22(18-4-3-5-19(26)12-18)14-30-24(31-23)25(27,28)29/h3-5,10-14,17H,6-9,15H2,1-2H3. The normalized spacial score (nSPS) is 15.4. The van der Waals surface area contributed by atoms with Crippen molar-refractivity contribution in [3.8, 4) is 22.6 Å². The molecule has 0 radical (unpaired) electrons. The fourth-order valence-electron chi connectivity index (χ4n) is 4.30. The Labute approximate surface area is 195 Å². The van der Waals surface area contributed by atoms with Gasteiger partial charge in [-0.05, 0) is 61.3 Å². The van der Waals surface area contributed by atoms with Gasteiger partial charge in [0, 0.05) is 30.3 Å². The summed E-state index contributed by atoms with van der Waals surface area (Å²) in [6.45, 7) is 2.02. The minimum Gasteiger partial charge on any atom is -0.497 e. The first-order chi connectivity index (χ1) is 16.3. The number of piperidine rings is 1. The van der Waals surface area contributed by atoms with E-state index in [1.54, 1.807) is 26.4 Å². The Kier molecular flexibility index (Phi) is 7.02. The molecule has 0 spiro atoms. The van der Waals surface area contributed by atoms with E-state index in [0.29, 0.717) is 60.8 Å². The second-order valence-corrected chi connectivity index (χ2v) is 8.27. The van der Waals surface area contributed by atoms with E-state index in [1.807, 2.05) is 12.1 Å². The molecule has 1 fully saturated rings. The van der Waals surface area contributed by atoms with Gasteiger partial charge in [0.05, 0.1) is 19.9 Å². The lowest BCUT2D eigenvalue weighted by Gasteiger charge is -2.32. The minimum atomic E-state index is -4.65. The Morgan fingerprint density at radius 3 is 2.26 bits per heavy atom. The van der Waals surface area contributed by atoms with E-state index in [1.165, 1.54) is 18.2 Å². The molecular formula is C25H25F4N3O2. The second kappa shape index (κ2) is 9.97. The molecule has 2 heterocycles. The summed E-state index contributed by atoms with van der Waals surface area (Å²) in [4.78, 5) is 9.67. The summed E-state index contributed by atoms with van der Waals surface area (Å²) in [7, 11) is 3.19. The van der Waals surface area contributed by atoms with Crippen molar-refractivity contribution < 1.29 is 27.0 Å². The third kappa shape index (κ3) is 5.47. The highest BCUT2D eigenvalue weighted by atomic mass is 19.4. The van der Waals surface area contributed by atoms with E-state index in [-0.39, 0.29) is 5.92 Å². The summed E-state index contributed by atoms with van der Waals surface area (Å²) in [5.41, 5.74) is 2.24. The molecule has 34 heavy (non-hydrogen) atoms. The molecule has 4 rings (SSSR count). The number of ether oxygens (including phenoxy) is 2. The van der Waals surface area contributed by atoms with Crippen LogP contribution in [0, 0.1) is 5.82 Å². The van der Waals surface area contributed by atoms with Gasteiger partial charge in [-0.3, -0.25) is 4.90 Å². The highest BCUT2D eigenvalue weighted by Crippen LogP contribution is 2.37. The lowest BCUT2D eigenvalue weighted by atomic mass is 9.88. The summed E-state index contributed by atoms with van der Waals surface area (Å²) in [6.07, 6.45) is -2.24. The number of alkyl halides is 3. The van der Waals surface area contributed by atoms with Gasteiger partial charge >= 0.3 is 6.18 Å². The topological polar surface area (TPSA) is 47.5 Å². The molecule has 1 aromatic heterocycles. The van der Waals surface area contributed by atoms with Crippen molar-refractivity contribution >= 4 is 0 Å². The van der Waals surface area contributed by atoms with Gasteiger partial charge in [0.2, 0.25) is 5.82 Å². The average Bonchev–Trinajstić information content (AvgIpc) is 2.83. The Hall–Kier alpha value is -3.20. The molecular weight excluding hydrogens is 450 g/mol. The number of hydrogen-bond acceptors (Lipinski definition) is 5. The van der Waals surface area contributed by atoms with E-state index >= 15 is 0 Å². The molecule has 5 nitrogen and oxygen atoms in total. The number of methoxy groups -OCH3 is 2. The zero-order valence-electron chi connectivity index (χ0n) is 18.9. The van der Waals surface area contributed by atoms with E-state index in [9.17, 15) is 17.6 Å². The molecule has 9 heteroatoms. The maximum Gasteiger partial charge on any atom is 0.451 e. The minimum absolute atomic E-state index is 0.196. The van der Waals surface area contributed by atoms with Crippen molar-refractivity contribution in [1.82, 2.24) is 14.9 Å². The van der Waals surface area contributed by atoms with Crippen LogP contribution in [0.4, 0.5) is 17.6 Å². The fourth-order valence-corrected chi connectivity index (χ4v) is 4.30. The van der Waals surface area contributed by atoms with Crippen molar-refractivity contribution in [2.75, 3.05) is 27.3 Å². The molecule has 0 unspecified atom stereocenters. The van der Waals surface area contributed by atoms with Crippen LogP contribution in [0.2, 0.25) is 0 Å². The Morgan fingerprint density at radius 2 is 1.68 bits per heavy atom. The van der Waals surface area contributed by atoms with Crippen LogP contribution in [0.1, 0.15) is 35.8 Å². The molecule has 0 saturated carbocycles. The average molecular weight is 475 g/mol. The van der Waals surface area contributed by atoms with E-state index in [0.717, 1.165) is 11.8 Å². The smallest absolute Gasteiger partial charge is 0.451 e. The predicted octanol–water partition coefficient (Wildman–Crippen LogP) is 5.70. The molecule has 0 aliphatic carbocycles. The number of rotatable bonds is 6. The number of aromatic nitrogens is 2. The summed E-state index contributed by atoms with van der Waals surface area (Å²) in [5, 5.41) is 0. The third-order valence-electron chi connectivity index (χ3n) is 6.00. The maximum absolute atomic E-state index is 13.8. The van der Waals surface area contributed by atoms with Crippen molar-refractivity contribution in [1.29, 1.82) is 0 Å². The molecule has 2 aromatic carbocycles. The van der Waals surface area contributed by atoms with E-state index < -0.39 is 17.8 Å². The van der Waals surface area contributed by atoms with Crippen molar-refractivity contribution in [3.05, 3.63) is 71.6 Å². The Morgan fingerprint density at radius 1 is 1.00 bits per heavy atom. The first-order valence-corrected chi connectivity index (χ1v) is 10.9. The molecule has 0 N–H and O–H groups in total. The molecule has 1 aliphatic heterocycles. The van der Waals surface area contributed by atoms with Crippen molar-refractivity contribution in [2.24, 2.45) is 0 Å².